The first-order valence-electron chi connectivity index (χ1n) is 6.09. The molecule has 0 N–H and O–H groups in total. The minimum absolute atomic E-state index is 0.202. The smallest absolute Gasteiger partial charge is 0.187 e. The van der Waals surface area contributed by atoms with Crippen LogP contribution in [0.3, 0.4) is 0 Å². The van der Waals surface area contributed by atoms with Crippen molar-refractivity contribution in [1.82, 2.24) is 0 Å². The molecule has 1 aromatic rings. The fraction of sp³-hybridized carbons (Fsp3) is 0.429. The van der Waals surface area contributed by atoms with E-state index >= 15 is 0 Å². The van der Waals surface area contributed by atoms with Crippen LogP contribution in [0.5, 0.6) is 0 Å². The lowest BCUT2D eigenvalue weighted by atomic mass is 9.74. The monoisotopic (exact) mass is 262 g/mol. The summed E-state index contributed by atoms with van der Waals surface area (Å²) in [5.74, 6) is -0.773. The third-order valence-corrected chi connectivity index (χ3v) is 3.03. The van der Waals surface area contributed by atoms with Gasteiger partial charge in [-0.15, -0.1) is 0 Å². The maximum Gasteiger partial charge on any atom is 0.187 e. The molecule has 1 fully saturated rings. The standard InChI is InChI=1S/C14H15FN2O2/c1-14(2)7-11(18)13(12(19)8-14)17-16-10-5-3-9(15)4-6-10/h3-6,13H,7-8H2,1-2H3. The number of carbonyl (C=O) groups excluding carboxylic acids is 2. The molecule has 0 amide bonds. The number of azo groups is 1. The molecule has 0 bridgehead atoms. The van der Waals surface area contributed by atoms with Crippen LogP contribution in [-0.2, 0) is 9.59 Å². The molecule has 1 aliphatic rings. The summed E-state index contributed by atoms with van der Waals surface area (Å²) in [6.45, 7) is 3.77. The van der Waals surface area contributed by atoms with E-state index in [-0.39, 0.29) is 22.8 Å². The molecule has 0 saturated heterocycles. The van der Waals surface area contributed by atoms with Crippen LogP contribution in [0.4, 0.5) is 10.1 Å². The van der Waals surface area contributed by atoms with Gasteiger partial charge in [0.2, 0.25) is 0 Å². The molecule has 0 heterocycles. The molecular formula is C14H15FN2O2. The molecule has 4 nitrogen and oxygen atoms in total. The maximum absolute atomic E-state index is 12.7. The van der Waals surface area contributed by atoms with Crippen LogP contribution >= 0.6 is 0 Å². The molecule has 0 spiro atoms. The number of Topliss-reactive ketones (excluding diaryl/α,β-unsaturated/α-hetero) is 2. The van der Waals surface area contributed by atoms with Crippen LogP contribution < -0.4 is 0 Å². The third kappa shape index (κ3) is 3.30. The first-order chi connectivity index (χ1) is 8.87. The lowest BCUT2D eigenvalue weighted by Gasteiger charge is -2.29. The third-order valence-electron chi connectivity index (χ3n) is 3.03. The Balaban J connectivity index is 2.12. The second-order valence-electron chi connectivity index (χ2n) is 5.54. The number of hydrogen-bond acceptors (Lipinski definition) is 4. The molecule has 1 aromatic carbocycles. The molecule has 5 heteroatoms. The molecule has 0 aromatic heterocycles. The van der Waals surface area contributed by atoms with Crippen molar-refractivity contribution >= 4 is 17.3 Å². The van der Waals surface area contributed by atoms with Gasteiger partial charge in [-0.3, -0.25) is 9.59 Å². The zero-order valence-corrected chi connectivity index (χ0v) is 10.9. The van der Waals surface area contributed by atoms with Crippen molar-refractivity contribution in [3.05, 3.63) is 30.1 Å². The Morgan fingerprint density at radius 1 is 1.11 bits per heavy atom. The van der Waals surface area contributed by atoms with E-state index in [0.717, 1.165) is 0 Å². The Kier molecular flexibility index (Phi) is 3.55. The minimum Gasteiger partial charge on any atom is -0.297 e. The number of carbonyl (C=O) groups is 2. The van der Waals surface area contributed by atoms with Gasteiger partial charge in [0.25, 0.3) is 0 Å². The zero-order chi connectivity index (χ0) is 14.0. The predicted molar refractivity (Wildman–Crippen MR) is 67.7 cm³/mol. The van der Waals surface area contributed by atoms with Gasteiger partial charge in [0.05, 0.1) is 5.69 Å². The number of halogens is 1. The minimum atomic E-state index is -1.00. The molecule has 0 radical (unpaired) electrons. The quantitative estimate of drug-likeness (QED) is 0.606. The number of hydrogen-bond donors (Lipinski definition) is 0. The molecule has 1 saturated carbocycles. The van der Waals surface area contributed by atoms with E-state index in [1.165, 1.54) is 24.3 Å². The average molecular weight is 262 g/mol. The van der Waals surface area contributed by atoms with Gasteiger partial charge in [-0.25, -0.2) is 4.39 Å². The first-order valence-corrected chi connectivity index (χ1v) is 6.09. The van der Waals surface area contributed by atoms with Crippen LogP contribution in [0.1, 0.15) is 26.7 Å². The highest BCUT2D eigenvalue weighted by Crippen LogP contribution is 2.32. The van der Waals surface area contributed by atoms with Crippen molar-refractivity contribution in [3.63, 3.8) is 0 Å². The summed E-state index contributed by atoms with van der Waals surface area (Å²) in [6, 6.07) is 4.39. The number of ketones is 2. The van der Waals surface area contributed by atoms with Crippen LogP contribution in [-0.4, -0.2) is 17.6 Å². The Morgan fingerprint density at radius 2 is 1.63 bits per heavy atom. The summed E-state index contributed by atoms with van der Waals surface area (Å²) >= 11 is 0. The summed E-state index contributed by atoms with van der Waals surface area (Å²) in [7, 11) is 0. The van der Waals surface area contributed by atoms with Gasteiger partial charge in [0, 0.05) is 12.8 Å². The summed E-state index contributed by atoms with van der Waals surface area (Å²) < 4.78 is 12.7. The lowest BCUT2D eigenvalue weighted by Crippen LogP contribution is -2.40. The Morgan fingerprint density at radius 3 is 2.16 bits per heavy atom. The molecule has 0 unspecified atom stereocenters. The molecular weight excluding hydrogens is 247 g/mol. The van der Waals surface area contributed by atoms with E-state index in [1.54, 1.807) is 0 Å². The lowest BCUT2D eigenvalue weighted by molar-refractivity contribution is -0.135. The molecule has 2 rings (SSSR count). The molecule has 1 aliphatic carbocycles. The fourth-order valence-electron chi connectivity index (χ4n) is 2.14. The highest BCUT2D eigenvalue weighted by molar-refractivity contribution is 6.09. The Labute approximate surface area is 110 Å². The zero-order valence-electron chi connectivity index (χ0n) is 10.9. The van der Waals surface area contributed by atoms with Gasteiger partial charge >= 0.3 is 0 Å². The van der Waals surface area contributed by atoms with Crippen LogP contribution in [0.2, 0.25) is 0 Å². The maximum atomic E-state index is 12.7. The van der Waals surface area contributed by atoms with Crippen LogP contribution in [0, 0.1) is 11.2 Å². The average Bonchev–Trinajstić information content (AvgIpc) is 2.29. The van der Waals surface area contributed by atoms with Crippen molar-refractivity contribution in [2.75, 3.05) is 0 Å². The SMILES string of the molecule is CC1(C)CC(=O)C(N=Nc2ccc(F)cc2)C(=O)C1. The van der Waals surface area contributed by atoms with Crippen molar-refractivity contribution in [2.24, 2.45) is 15.6 Å². The van der Waals surface area contributed by atoms with Crippen LogP contribution in [0.25, 0.3) is 0 Å². The Bertz CT molecular complexity index is 515. The normalized spacial score (nSPS) is 20.2. The van der Waals surface area contributed by atoms with Crippen molar-refractivity contribution in [1.29, 1.82) is 0 Å². The van der Waals surface area contributed by atoms with Gasteiger partial charge < -0.3 is 0 Å². The second-order valence-corrected chi connectivity index (χ2v) is 5.54. The Hall–Kier alpha value is -1.91. The number of benzene rings is 1. The molecule has 0 atom stereocenters. The van der Waals surface area contributed by atoms with Gasteiger partial charge in [0.1, 0.15) is 5.82 Å². The van der Waals surface area contributed by atoms with Crippen LogP contribution in [0.15, 0.2) is 34.5 Å². The number of nitrogens with zero attached hydrogens (tertiary/aromatic N) is 2. The molecule has 19 heavy (non-hydrogen) atoms. The van der Waals surface area contributed by atoms with E-state index < -0.39 is 6.04 Å². The van der Waals surface area contributed by atoms with E-state index in [1.807, 2.05) is 13.8 Å². The van der Waals surface area contributed by atoms with Gasteiger partial charge in [-0.2, -0.15) is 10.2 Å². The van der Waals surface area contributed by atoms with Crippen molar-refractivity contribution in [2.45, 2.75) is 32.7 Å². The van der Waals surface area contributed by atoms with E-state index in [2.05, 4.69) is 10.2 Å². The van der Waals surface area contributed by atoms with E-state index in [0.29, 0.717) is 18.5 Å². The summed E-state index contributed by atoms with van der Waals surface area (Å²) in [5, 5.41) is 7.65. The van der Waals surface area contributed by atoms with Gasteiger partial charge in [-0.1, -0.05) is 13.8 Å². The highest BCUT2D eigenvalue weighted by Gasteiger charge is 2.39. The predicted octanol–water partition coefficient (Wildman–Crippen LogP) is 3.24. The highest BCUT2D eigenvalue weighted by atomic mass is 19.1. The fourth-order valence-corrected chi connectivity index (χ4v) is 2.14. The van der Waals surface area contributed by atoms with E-state index in [4.69, 9.17) is 0 Å². The summed E-state index contributed by atoms with van der Waals surface area (Å²) in [6.07, 6.45) is 0.650. The van der Waals surface area contributed by atoms with Gasteiger partial charge in [-0.05, 0) is 29.7 Å². The van der Waals surface area contributed by atoms with E-state index in [9.17, 15) is 14.0 Å². The summed E-state index contributed by atoms with van der Waals surface area (Å²) in [4.78, 5) is 23.7. The topological polar surface area (TPSA) is 58.9 Å². The van der Waals surface area contributed by atoms with Crippen molar-refractivity contribution in [3.8, 4) is 0 Å². The molecule has 0 aliphatic heterocycles. The first kappa shape index (κ1) is 13.5. The second kappa shape index (κ2) is 4.99. The van der Waals surface area contributed by atoms with Crippen molar-refractivity contribution < 1.29 is 14.0 Å². The molecule has 100 valence electrons. The summed E-state index contributed by atoms with van der Waals surface area (Å²) in [5.41, 5.74) is 0.127. The van der Waals surface area contributed by atoms with Gasteiger partial charge in [0.15, 0.2) is 17.6 Å². The largest absolute Gasteiger partial charge is 0.297 e. The number of rotatable bonds is 2.